The summed E-state index contributed by atoms with van der Waals surface area (Å²) < 4.78 is 0. The van der Waals surface area contributed by atoms with E-state index in [9.17, 15) is 0 Å². The summed E-state index contributed by atoms with van der Waals surface area (Å²) in [4.78, 5) is 11.6. The maximum atomic E-state index is 4.78. The summed E-state index contributed by atoms with van der Waals surface area (Å²) in [7, 11) is 0. The summed E-state index contributed by atoms with van der Waals surface area (Å²) in [5.41, 5.74) is 0.529. The fourth-order valence-corrected chi connectivity index (χ4v) is 5.00. The van der Waals surface area contributed by atoms with Crippen molar-refractivity contribution in [2.45, 2.75) is 39.7 Å². The van der Waals surface area contributed by atoms with Crippen LogP contribution in [0, 0.1) is 23.2 Å². The minimum atomic E-state index is 0.519. The molecule has 23 heavy (non-hydrogen) atoms. The van der Waals surface area contributed by atoms with Crippen molar-refractivity contribution in [1.82, 2.24) is 15.3 Å². The van der Waals surface area contributed by atoms with Crippen LogP contribution >= 0.6 is 0 Å². The number of nitrogens with zero attached hydrogens (tertiary/aromatic N) is 3. The van der Waals surface area contributed by atoms with Crippen molar-refractivity contribution >= 4 is 11.8 Å². The number of aromatic nitrogens is 2. The van der Waals surface area contributed by atoms with Crippen molar-refractivity contribution in [3.63, 3.8) is 0 Å². The molecule has 5 rings (SSSR count). The molecule has 1 aromatic heterocycles. The van der Waals surface area contributed by atoms with Crippen LogP contribution in [-0.2, 0) is 0 Å². The average Bonchev–Trinajstić information content (AvgIpc) is 2.57. The van der Waals surface area contributed by atoms with Crippen molar-refractivity contribution < 1.29 is 0 Å². The SMILES string of the molecule is C[C@@H]1[C@@H](Nc2nccc(N3CCNCC3)n2)C[C@H]2C[C@@H]1C2(C)C. The Morgan fingerprint density at radius 2 is 2.04 bits per heavy atom. The van der Waals surface area contributed by atoms with E-state index in [-0.39, 0.29) is 0 Å². The number of anilines is 2. The van der Waals surface area contributed by atoms with Crippen molar-refractivity contribution in [1.29, 1.82) is 0 Å². The van der Waals surface area contributed by atoms with Gasteiger partial charge in [-0.25, -0.2) is 4.98 Å². The molecule has 1 saturated heterocycles. The number of piperazine rings is 1. The highest BCUT2D eigenvalue weighted by atomic mass is 15.3. The number of fused-ring (bicyclic) bond motifs is 2. The molecule has 0 amide bonds. The highest BCUT2D eigenvalue weighted by Gasteiger charge is 2.56. The average molecular weight is 315 g/mol. The zero-order valence-corrected chi connectivity index (χ0v) is 14.5. The van der Waals surface area contributed by atoms with E-state index in [1.165, 1.54) is 12.8 Å². The summed E-state index contributed by atoms with van der Waals surface area (Å²) in [6.45, 7) is 11.4. The second kappa shape index (κ2) is 5.62. The van der Waals surface area contributed by atoms with E-state index >= 15 is 0 Å². The molecule has 4 aliphatic rings. The quantitative estimate of drug-likeness (QED) is 0.897. The van der Waals surface area contributed by atoms with Gasteiger partial charge in [-0.3, -0.25) is 0 Å². The molecule has 0 aromatic carbocycles. The lowest BCUT2D eigenvalue weighted by molar-refractivity contribution is -0.105. The Hall–Kier alpha value is -1.36. The standard InChI is InChI=1S/C18H29N5/c1-12-14-10-13(18(14,2)3)11-15(12)21-17-20-5-4-16(22-17)23-8-6-19-7-9-23/h4-5,12-15,19H,6-11H2,1-3H3,(H,20,21,22)/t12-,13+,14-,15-/m0/s1. The Morgan fingerprint density at radius 1 is 1.26 bits per heavy atom. The summed E-state index contributed by atoms with van der Waals surface area (Å²) in [5, 5.41) is 7.03. The van der Waals surface area contributed by atoms with Crippen molar-refractivity contribution in [3.8, 4) is 0 Å². The molecule has 5 heteroatoms. The van der Waals surface area contributed by atoms with Gasteiger partial charge in [0.1, 0.15) is 5.82 Å². The van der Waals surface area contributed by atoms with Crippen LogP contribution in [0.1, 0.15) is 33.6 Å². The lowest BCUT2D eigenvalue weighted by Gasteiger charge is -2.62. The largest absolute Gasteiger partial charge is 0.354 e. The first-order valence-electron chi connectivity index (χ1n) is 9.11. The molecular weight excluding hydrogens is 286 g/mol. The maximum Gasteiger partial charge on any atom is 0.224 e. The van der Waals surface area contributed by atoms with Crippen LogP contribution < -0.4 is 15.5 Å². The summed E-state index contributed by atoms with van der Waals surface area (Å²) in [6.07, 6.45) is 4.56. The predicted octanol–water partition coefficient (Wildman–Crippen LogP) is 2.37. The Morgan fingerprint density at radius 3 is 2.74 bits per heavy atom. The van der Waals surface area contributed by atoms with Gasteiger partial charge in [0.2, 0.25) is 5.95 Å². The Kier molecular flexibility index (Phi) is 3.71. The van der Waals surface area contributed by atoms with Crippen LogP contribution in [0.4, 0.5) is 11.8 Å². The molecule has 126 valence electrons. The molecule has 3 saturated carbocycles. The van der Waals surface area contributed by atoms with Crippen molar-refractivity contribution in [2.24, 2.45) is 23.2 Å². The molecule has 5 nitrogen and oxygen atoms in total. The van der Waals surface area contributed by atoms with Crippen LogP contribution in [0.3, 0.4) is 0 Å². The second-order valence-electron chi connectivity index (χ2n) is 8.18. The molecule has 3 aliphatic carbocycles. The molecule has 1 aliphatic heterocycles. The van der Waals surface area contributed by atoms with Crippen LogP contribution in [-0.4, -0.2) is 42.2 Å². The van der Waals surface area contributed by atoms with Crippen LogP contribution in [0.5, 0.6) is 0 Å². The van der Waals surface area contributed by atoms with E-state index in [1.807, 2.05) is 12.3 Å². The van der Waals surface area contributed by atoms with E-state index in [1.54, 1.807) is 0 Å². The maximum absolute atomic E-state index is 4.78. The highest BCUT2D eigenvalue weighted by Crippen LogP contribution is 2.61. The summed E-state index contributed by atoms with van der Waals surface area (Å²) >= 11 is 0. The van der Waals surface area contributed by atoms with Gasteiger partial charge >= 0.3 is 0 Å². The van der Waals surface area contributed by atoms with Crippen molar-refractivity contribution in [3.05, 3.63) is 12.3 Å². The molecule has 0 spiro atoms. The summed E-state index contributed by atoms with van der Waals surface area (Å²) in [5.74, 6) is 4.25. The zero-order chi connectivity index (χ0) is 16.0. The number of hydrogen-bond donors (Lipinski definition) is 2. The van der Waals surface area contributed by atoms with Gasteiger partial charge in [-0.05, 0) is 42.1 Å². The molecule has 4 fully saturated rings. The normalized spacial score (nSPS) is 35.5. The second-order valence-corrected chi connectivity index (χ2v) is 8.18. The Balaban J connectivity index is 1.45. The van der Waals surface area contributed by atoms with Crippen LogP contribution in [0.25, 0.3) is 0 Å². The third-order valence-corrected chi connectivity index (χ3v) is 6.75. The van der Waals surface area contributed by atoms with Gasteiger partial charge in [0.05, 0.1) is 0 Å². The predicted molar refractivity (Wildman–Crippen MR) is 93.7 cm³/mol. The molecule has 0 unspecified atom stereocenters. The third-order valence-electron chi connectivity index (χ3n) is 6.75. The Bertz CT molecular complexity index is 566. The third kappa shape index (κ3) is 2.59. The number of rotatable bonds is 3. The van der Waals surface area contributed by atoms with Gasteiger partial charge in [0.15, 0.2) is 0 Å². The molecule has 2 heterocycles. The van der Waals surface area contributed by atoms with Crippen molar-refractivity contribution in [2.75, 3.05) is 36.4 Å². The fourth-order valence-electron chi connectivity index (χ4n) is 5.00. The van der Waals surface area contributed by atoms with Gasteiger partial charge in [-0.2, -0.15) is 4.98 Å². The van der Waals surface area contributed by atoms with Gasteiger partial charge < -0.3 is 15.5 Å². The first-order valence-corrected chi connectivity index (χ1v) is 9.11. The molecule has 2 bridgehead atoms. The van der Waals surface area contributed by atoms with E-state index in [4.69, 9.17) is 4.98 Å². The zero-order valence-electron chi connectivity index (χ0n) is 14.5. The van der Waals surface area contributed by atoms with E-state index in [0.717, 1.165) is 49.8 Å². The topological polar surface area (TPSA) is 53.1 Å². The summed E-state index contributed by atoms with van der Waals surface area (Å²) in [6, 6.07) is 2.55. The van der Waals surface area contributed by atoms with Gasteiger partial charge in [0.25, 0.3) is 0 Å². The Labute approximate surface area is 139 Å². The number of nitrogens with one attached hydrogen (secondary N) is 2. The minimum absolute atomic E-state index is 0.519. The monoisotopic (exact) mass is 315 g/mol. The molecule has 1 aromatic rings. The first kappa shape index (κ1) is 15.2. The number of hydrogen-bond acceptors (Lipinski definition) is 5. The first-order chi connectivity index (χ1) is 11.1. The lowest BCUT2D eigenvalue weighted by atomic mass is 9.45. The molecular formula is C18H29N5. The van der Waals surface area contributed by atoms with Crippen LogP contribution in [0.15, 0.2) is 12.3 Å². The minimum Gasteiger partial charge on any atom is -0.354 e. The molecule has 0 radical (unpaired) electrons. The highest BCUT2D eigenvalue weighted by molar-refractivity contribution is 5.43. The van der Waals surface area contributed by atoms with Gasteiger partial charge in [-0.1, -0.05) is 20.8 Å². The van der Waals surface area contributed by atoms with Gasteiger partial charge in [-0.15, -0.1) is 0 Å². The lowest BCUT2D eigenvalue weighted by Crippen LogP contribution is -2.58. The molecule has 4 atom stereocenters. The van der Waals surface area contributed by atoms with Crippen LogP contribution in [0.2, 0.25) is 0 Å². The van der Waals surface area contributed by atoms with E-state index < -0.39 is 0 Å². The molecule has 2 N–H and O–H groups in total. The van der Waals surface area contributed by atoms with Gasteiger partial charge in [0, 0.05) is 38.4 Å². The van der Waals surface area contributed by atoms with E-state index in [2.05, 4.69) is 41.3 Å². The smallest absolute Gasteiger partial charge is 0.224 e. The van der Waals surface area contributed by atoms with E-state index in [0.29, 0.717) is 17.4 Å². The fraction of sp³-hybridized carbons (Fsp3) is 0.778.